The minimum atomic E-state index is -0.0220. The standard InChI is InChI=1S/C8H17NO/c1-6(2)9(3)7-4-8(10)5-7/h6-8,10H,4-5H2,1-3H3/t7-,8+. The van der Waals surface area contributed by atoms with Crippen LogP contribution in [0.4, 0.5) is 0 Å². The zero-order chi connectivity index (χ0) is 7.72. The summed E-state index contributed by atoms with van der Waals surface area (Å²) in [6.45, 7) is 4.37. The van der Waals surface area contributed by atoms with Crippen molar-refractivity contribution in [2.75, 3.05) is 7.05 Å². The summed E-state index contributed by atoms with van der Waals surface area (Å²) in [5.74, 6) is 0. The molecule has 60 valence electrons. The molecule has 1 aliphatic rings. The van der Waals surface area contributed by atoms with E-state index in [1.165, 1.54) is 0 Å². The van der Waals surface area contributed by atoms with Gasteiger partial charge in [-0.05, 0) is 33.7 Å². The van der Waals surface area contributed by atoms with Crippen LogP contribution in [0.1, 0.15) is 26.7 Å². The lowest BCUT2D eigenvalue weighted by Gasteiger charge is -2.40. The Morgan fingerprint density at radius 2 is 1.90 bits per heavy atom. The number of aliphatic hydroxyl groups is 1. The minimum absolute atomic E-state index is 0.0220. The molecule has 0 heterocycles. The first-order valence-electron chi connectivity index (χ1n) is 4.01. The van der Waals surface area contributed by atoms with E-state index in [-0.39, 0.29) is 6.10 Å². The van der Waals surface area contributed by atoms with Crippen LogP contribution in [0.5, 0.6) is 0 Å². The van der Waals surface area contributed by atoms with E-state index >= 15 is 0 Å². The predicted octanol–water partition coefficient (Wildman–Crippen LogP) is 0.850. The summed E-state index contributed by atoms with van der Waals surface area (Å²) in [7, 11) is 2.13. The van der Waals surface area contributed by atoms with Crippen molar-refractivity contribution in [2.24, 2.45) is 0 Å². The first-order valence-corrected chi connectivity index (χ1v) is 4.01. The zero-order valence-electron chi connectivity index (χ0n) is 7.04. The molecule has 0 unspecified atom stereocenters. The molecule has 0 saturated heterocycles. The van der Waals surface area contributed by atoms with Gasteiger partial charge in [-0.15, -0.1) is 0 Å². The summed E-state index contributed by atoms with van der Waals surface area (Å²) in [5, 5.41) is 9.02. The Hall–Kier alpha value is -0.0800. The maximum absolute atomic E-state index is 9.02. The van der Waals surface area contributed by atoms with Crippen molar-refractivity contribution >= 4 is 0 Å². The van der Waals surface area contributed by atoms with Gasteiger partial charge in [0.2, 0.25) is 0 Å². The molecule has 1 rings (SSSR count). The highest BCUT2D eigenvalue weighted by Gasteiger charge is 2.30. The second-order valence-electron chi connectivity index (χ2n) is 3.54. The molecule has 0 aromatic carbocycles. The van der Waals surface area contributed by atoms with Crippen LogP contribution in [0.15, 0.2) is 0 Å². The van der Waals surface area contributed by atoms with Crippen LogP contribution < -0.4 is 0 Å². The minimum Gasteiger partial charge on any atom is -0.393 e. The number of rotatable bonds is 2. The van der Waals surface area contributed by atoms with Gasteiger partial charge in [-0.25, -0.2) is 0 Å². The molecule has 0 aromatic heterocycles. The fraction of sp³-hybridized carbons (Fsp3) is 1.00. The van der Waals surface area contributed by atoms with E-state index in [2.05, 4.69) is 25.8 Å². The van der Waals surface area contributed by atoms with Crippen LogP contribution in [-0.4, -0.2) is 35.2 Å². The van der Waals surface area contributed by atoms with Crippen LogP contribution in [0, 0.1) is 0 Å². The van der Waals surface area contributed by atoms with Gasteiger partial charge in [0.05, 0.1) is 6.10 Å². The molecule has 0 bridgehead atoms. The van der Waals surface area contributed by atoms with Gasteiger partial charge in [-0.1, -0.05) is 0 Å². The second-order valence-corrected chi connectivity index (χ2v) is 3.54. The molecular formula is C8H17NO. The SMILES string of the molecule is CC(C)N(C)[C@H]1C[C@@H](O)C1. The Morgan fingerprint density at radius 1 is 1.40 bits per heavy atom. The topological polar surface area (TPSA) is 23.5 Å². The Bertz CT molecular complexity index is 108. The van der Waals surface area contributed by atoms with Crippen LogP contribution in [0.3, 0.4) is 0 Å². The van der Waals surface area contributed by atoms with Crippen molar-refractivity contribution < 1.29 is 5.11 Å². The monoisotopic (exact) mass is 143 g/mol. The van der Waals surface area contributed by atoms with Crippen molar-refractivity contribution in [3.8, 4) is 0 Å². The number of aliphatic hydroxyl groups excluding tert-OH is 1. The molecule has 2 nitrogen and oxygen atoms in total. The Morgan fingerprint density at radius 3 is 2.20 bits per heavy atom. The predicted molar refractivity (Wildman–Crippen MR) is 41.9 cm³/mol. The average Bonchev–Trinajstić information content (AvgIpc) is 1.79. The van der Waals surface area contributed by atoms with Gasteiger partial charge in [0.15, 0.2) is 0 Å². The molecule has 2 heteroatoms. The van der Waals surface area contributed by atoms with Crippen LogP contribution in [0.2, 0.25) is 0 Å². The Kier molecular flexibility index (Phi) is 2.32. The highest BCUT2D eigenvalue weighted by Crippen LogP contribution is 2.25. The van der Waals surface area contributed by atoms with E-state index in [0.29, 0.717) is 12.1 Å². The van der Waals surface area contributed by atoms with Crippen molar-refractivity contribution in [1.82, 2.24) is 4.90 Å². The number of nitrogens with zero attached hydrogens (tertiary/aromatic N) is 1. The van der Waals surface area contributed by atoms with Gasteiger partial charge in [0, 0.05) is 12.1 Å². The molecule has 1 saturated carbocycles. The lowest BCUT2D eigenvalue weighted by Crippen LogP contribution is -2.47. The molecule has 0 spiro atoms. The van der Waals surface area contributed by atoms with Crippen LogP contribution in [0.25, 0.3) is 0 Å². The van der Waals surface area contributed by atoms with Crippen molar-refractivity contribution in [3.05, 3.63) is 0 Å². The van der Waals surface area contributed by atoms with E-state index in [4.69, 9.17) is 5.11 Å². The maximum Gasteiger partial charge on any atom is 0.0570 e. The molecule has 0 atom stereocenters. The van der Waals surface area contributed by atoms with Crippen molar-refractivity contribution in [2.45, 2.75) is 44.9 Å². The molecule has 1 fully saturated rings. The molecule has 0 radical (unpaired) electrons. The molecule has 1 aliphatic carbocycles. The van der Waals surface area contributed by atoms with E-state index in [0.717, 1.165) is 12.8 Å². The average molecular weight is 143 g/mol. The first kappa shape index (κ1) is 8.02. The third kappa shape index (κ3) is 1.50. The van der Waals surface area contributed by atoms with Crippen LogP contribution >= 0.6 is 0 Å². The molecule has 0 aliphatic heterocycles. The largest absolute Gasteiger partial charge is 0.393 e. The molecule has 0 amide bonds. The normalized spacial score (nSPS) is 33.0. The van der Waals surface area contributed by atoms with Crippen LogP contribution in [-0.2, 0) is 0 Å². The number of hydrogen-bond donors (Lipinski definition) is 1. The molecule has 10 heavy (non-hydrogen) atoms. The summed E-state index contributed by atoms with van der Waals surface area (Å²) in [4.78, 5) is 2.33. The van der Waals surface area contributed by atoms with E-state index in [1.54, 1.807) is 0 Å². The Balaban J connectivity index is 2.24. The highest BCUT2D eigenvalue weighted by atomic mass is 16.3. The van der Waals surface area contributed by atoms with Crippen molar-refractivity contribution in [3.63, 3.8) is 0 Å². The smallest absolute Gasteiger partial charge is 0.0570 e. The Labute approximate surface area is 62.8 Å². The second kappa shape index (κ2) is 2.89. The molecule has 0 aromatic rings. The summed E-state index contributed by atoms with van der Waals surface area (Å²) >= 11 is 0. The van der Waals surface area contributed by atoms with Gasteiger partial charge >= 0.3 is 0 Å². The summed E-state index contributed by atoms with van der Waals surface area (Å²) in [5.41, 5.74) is 0. The van der Waals surface area contributed by atoms with Gasteiger partial charge in [0.25, 0.3) is 0 Å². The molecular weight excluding hydrogens is 126 g/mol. The fourth-order valence-electron chi connectivity index (χ4n) is 1.31. The van der Waals surface area contributed by atoms with E-state index in [1.807, 2.05) is 0 Å². The van der Waals surface area contributed by atoms with Gasteiger partial charge < -0.3 is 10.0 Å². The summed E-state index contributed by atoms with van der Waals surface area (Å²) in [6.07, 6.45) is 1.91. The van der Waals surface area contributed by atoms with Crippen molar-refractivity contribution in [1.29, 1.82) is 0 Å². The number of hydrogen-bond acceptors (Lipinski definition) is 2. The quantitative estimate of drug-likeness (QED) is 0.619. The van der Waals surface area contributed by atoms with E-state index < -0.39 is 0 Å². The third-order valence-electron chi connectivity index (χ3n) is 2.48. The van der Waals surface area contributed by atoms with Gasteiger partial charge in [-0.3, -0.25) is 0 Å². The van der Waals surface area contributed by atoms with E-state index in [9.17, 15) is 0 Å². The summed E-state index contributed by atoms with van der Waals surface area (Å²) in [6, 6.07) is 1.24. The lowest BCUT2D eigenvalue weighted by atomic mass is 9.88. The molecule has 1 N–H and O–H groups in total. The van der Waals surface area contributed by atoms with Gasteiger partial charge in [-0.2, -0.15) is 0 Å². The van der Waals surface area contributed by atoms with Gasteiger partial charge in [0.1, 0.15) is 0 Å². The highest BCUT2D eigenvalue weighted by molar-refractivity contribution is 4.86. The lowest BCUT2D eigenvalue weighted by molar-refractivity contribution is 0.00124. The summed E-state index contributed by atoms with van der Waals surface area (Å²) < 4.78 is 0. The maximum atomic E-state index is 9.02. The zero-order valence-corrected chi connectivity index (χ0v) is 7.04. The fourth-order valence-corrected chi connectivity index (χ4v) is 1.31. The third-order valence-corrected chi connectivity index (χ3v) is 2.48. The first-order chi connectivity index (χ1) is 4.61.